The molecule has 5 heteroatoms. The number of nitrogens with zero attached hydrogens (tertiary/aromatic N) is 1. The molecule has 0 saturated heterocycles. The highest BCUT2D eigenvalue weighted by Crippen LogP contribution is 2.22. The molecule has 0 atom stereocenters. The summed E-state index contributed by atoms with van der Waals surface area (Å²) in [5.41, 5.74) is 2.10. The van der Waals surface area contributed by atoms with Gasteiger partial charge >= 0.3 is 0 Å². The Bertz CT molecular complexity index is 792. The summed E-state index contributed by atoms with van der Waals surface area (Å²) in [5.74, 6) is 1.02. The first-order valence-electron chi connectivity index (χ1n) is 11.4. The van der Waals surface area contributed by atoms with Gasteiger partial charge in [-0.1, -0.05) is 86.8 Å². The number of rotatable bonds is 14. The van der Waals surface area contributed by atoms with Crippen molar-refractivity contribution in [2.45, 2.75) is 71.3 Å². The second kappa shape index (κ2) is 14.4. The minimum absolute atomic E-state index is 0.203. The number of halogens is 2. The van der Waals surface area contributed by atoms with Crippen LogP contribution in [0.15, 0.2) is 42.5 Å². The van der Waals surface area contributed by atoms with Gasteiger partial charge in [0.15, 0.2) is 0 Å². The minimum atomic E-state index is 0.203. The van der Waals surface area contributed by atoms with E-state index in [1.165, 1.54) is 32.1 Å². The van der Waals surface area contributed by atoms with Crippen molar-refractivity contribution in [1.29, 1.82) is 0 Å². The van der Waals surface area contributed by atoms with E-state index >= 15 is 0 Å². The highest BCUT2D eigenvalue weighted by atomic mass is 35.5. The van der Waals surface area contributed by atoms with Crippen LogP contribution < -0.4 is 4.74 Å². The fourth-order valence-corrected chi connectivity index (χ4v) is 4.12. The number of ether oxygens (including phenoxy) is 1. The second-order valence-corrected chi connectivity index (χ2v) is 8.86. The summed E-state index contributed by atoms with van der Waals surface area (Å²) in [6, 6.07) is 13.4. The van der Waals surface area contributed by atoms with Crippen molar-refractivity contribution < 1.29 is 9.53 Å². The Hall–Kier alpha value is -1.71. The van der Waals surface area contributed by atoms with E-state index in [1.54, 1.807) is 13.2 Å². The third-order valence-corrected chi connectivity index (χ3v) is 6.13. The van der Waals surface area contributed by atoms with Crippen LogP contribution in [0.4, 0.5) is 0 Å². The van der Waals surface area contributed by atoms with Crippen molar-refractivity contribution in [3.63, 3.8) is 0 Å². The molecule has 0 aromatic heterocycles. The van der Waals surface area contributed by atoms with E-state index in [2.05, 4.69) is 6.92 Å². The van der Waals surface area contributed by atoms with Gasteiger partial charge in [-0.15, -0.1) is 0 Å². The van der Waals surface area contributed by atoms with E-state index in [-0.39, 0.29) is 5.91 Å². The van der Waals surface area contributed by atoms with Gasteiger partial charge in [0.2, 0.25) is 5.91 Å². The van der Waals surface area contributed by atoms with Crippen LogP contribution >= 0.6 is 23.2 Å². The maximum Gasteiger partial charge on any atom is 0.222 e. The molecule has 2 rings (SSSR count). The number of carbonyl (C=O) groups excluding carboxylic acids is 1. The zero-order valence-corrected chi connectivity index (χ0v) is 20.4. The molecule has 0 saturated carbocycles. The predicted molar refractivity (Wildman–Crippen MR) is 131 cm³/mol. The summed E-state index contributed by atoms with van der Waals surface area (Å²) in [6.45, 7) is 3.44. The molecule has 0 aliphatic carbocycles. The smallest absolute Gasteiger partial charge is 0.222 e. The molecule has 1 amide bonds. The van der Waals surface area contributed by atoms with Crippen LogP contribution in [-0.4, -0.2) is 24.5 Å². The standard InChI is InChI=1S/C26H35Cl2NO2/c1-3-4-5-6-7-8-9-10-26(30)29(20-21-11-15-24(31-2)16-12-21)18-17-22-13-14-23(27)19-25(22)28/h11-16,19H,3-10,17-18,20H2,1-2H3. The molecule has 2 aromatic rings. The van der Waals surface area contributed by atoms with Gasteiger partial charge in [0, 0.05) is 29.6 Å². The Morgan fingerprint density at radius 3 is 2.26 bits per heavy atom. The summed E-state index contributed by atoms with van der Waals surface area (Å²) in [6.07, 6.45) is 9.72. The monoisotopic (exact) mass is 463 g/mol. The number of benzene rings is 2. The van der Waals surface area contributed by atoms with Gasteiger partial charge in [-0.2, -0.15) is 0 Å². The van der Waals surface area contributed by atoms with Crippen LogP contribution in [0.25, 0.3) is 0 Å². The molecule has 0 N–H and O–H groups in total. The first-order valence-corrected chi connectivity index (χ1v) is 12.1. The summed E-state index contributed by atoms with van der Waals surface area (Å²) in [7, 11) is 1.66. The van der Waals surface area contributed by atoms with E-state index in [0.29, 0.717) is 36.0 Å². The summed E-state index contributed by atoms with van der Waals surface area (Å²) < 4.78 is 5.24. The van der Waals surface area contributed by atoms with Crippen molar-refractivity contribution in [3.05, 3.63) is 63.6 Å². The van der Waals surface area contributed by atoms with Gasteiger partial charge in [0.05, 0.1) is 7.11 Å². The largest absolute Gasteiger partial charge is 0.497 e. The van der Waals surface area contributed by atoms with E-state index in [1.807, 2.05) is 41.3 Å². The average Bonchev–Trinajstić information content (AvgIpc) is 2.77. The number of carbonyl (C=O) groups is 1. The van der Waals surface area contributed by atoms with Crippen molar-refractivity contribution in [3.8, 4) is 5.75 Å². The zero-order valence-electron chi connectivity index (χ0n) is 18.8. The number of hydrogen-bond acceptors (Lipinski definition) is 2. The maximum absolute atomic E-state index is 13.0. The lowest BCUT2D eigenvalue weighted by Gasteiger charge is -2.23. The molecule has 0 heterocycles. The van der Waals surface area contributed by atoms with Crippen LogP contribution in [0.1, 0.15) is 69.4 Å². The molecular weight excluding hydrogens is 429 g/mol. The lowest BCUT2D eigenvalue weighted by Crippen LogP contribution is -2.32. The van der Waals surface area contributed by atoms with Gasteiger partial charge in [0.25, 0.3) is 0 Å². The second-order valence-electron chi connectivity index (χ2n) is 8.02. The molecular formula is C26H35Cl2NO2. The van der Waals surface area contributed by atoms with Crippen LogP contribution in [0, 0.1) is 0 Å². The van der Waals surface area contributed by atoms with Crippen molar-refractivity contribution >= 4 is 29.1 Å². The fraction of sp³-hybridized carbons (Fsp3) is 0.500. The molecule has 0 fully saturated rings. The summed E-state index contributed by atoms with van der Waals surface area (Å²) in [5, 5.41) is 1.27. The molecule has 0 radical (unpaired) electrons. The minimum Gasteiger partial charge on any atom is -0.497 e. The number of hydrogen-bond donors (Lipinski definition) is 0. The lowest BCUT2D eigenvalue weighted by molar-refractivity contribution is -0.131. The van der Waals surface area contributed by atoms with Gasteiger partial charge in [-0.25, -0.2) is 0 Å². The first kappa shape index (κ1) is 25.5. The van der Waals surface area contributed by atoms with Crippen LogP contribution in [0.3, 0.4) is 0 Å². The highest BCUT2D eigenvalue weighted by Gasteiger charge is 2.15. The van der Waals surface area contributed by atoms with Crippen LogP contribution in [-0.2, 0) is 17.8 Å². The molecule has 0 unspecified atom stereocenters. The SMILES string of the molecule is CCCCCCCCCC(=O)N(CCc1ccc(Cl)cc1Cl)Cc1ccc(OC)cc1. The van der Waals surface area contributed by atoms with Gasteiger partial charge in [-0.3, -0.25) is 4.79 Å². The molecule has 0 spiro atoms. The first-order chi connectivity index (χ1) is 15.0. The van der Waals surface area contributed by atoms with E-state index in [9.17, 15) is 4.79 Å². The highest BCUT2D eigenvalue weighted by molar-refractivity contribution is 6.35. The van der Waals surface area contributed by atoms with Crippen molar-refractivity contribution in [2.75, 3.05) is 13.7 Å². The molecule has 0 aliphatic rings. The summed E-state index contributed by atoms with van der Waals surface area (Å²) >= 11 is 12.4. The quantitative estimate of drug-likeness (QED) is 0.268. The third-order valence-electron chi connectivity index (χ3n) is 5.55. The number of methoxy groups -OCH3 is 1. The lowest BCUT2D eigenvalue weighted by atomic mass is 10.1. The Morgan fingerprint density at radius 2 is 1.61 bits per heavy atom. The third kappa shape index (κ3) is 9.53. The van der Waals surface area contributed by atoms with Crippen LogP contribution in [0.5, 0.6) is 5.75 Å². The van der Waals surface area contributed by atoms with E-state index < -0.39 is 0 Å². The average molecular weight is 464 g/mol. The van der Waals surface area contributed by atoms with Gasteiger partial charge in [-0.05, 0) is 48.2 Å². The zero-order chi connectivity index (χ0) is 22.5. The van der Waals surface area contributed by atoms with Crippen LogP contribution in [0.2, 0.25) is 10.0 Å². The Kier molecular flexibility index (Phi) is 11.8. The Balaban J connectivity index is 1.94. The molecule has 3 nitrogen and oxygen atoms in total. The normalized spacial score (nSPS) is 10.8. The number of unbranched alkanes of at least 4 members (excludes halogenated alkanes) is 6. The van der Waals surface area contributed by atoms with E-state index in [0.717, 1.165) is 29.7 Å². The Labute approximate surface area is 197 Å². The fourth-order valence-electron chi connectivity index (χ4n) is 3.61. The topological polar surface area (TPSA) is 29.5 Å². The van der Waals surface area contributed by atoms with Gasteiger partial charge < -0.3 is 9.64 Å². The van der Waals surface area contributed by atoms with Crippen molar-refractivity contribution in [2.24, 2.45) is 0 Å². The van der Waals surface area contributed by atoms with Crippen molar-refractivity contribution in [1.82, 2.24) is 4.90 Å². The molecule has 2 aromatic carbocycles. The molecule has 0 bridgehead atoms. The predicted octanol–water partition coefficient (Wildman–Crippen LogP) is 7.71. The van der Waals surface area contributed by atoms with Gasteiger partial charge in [0.1, 0.15) is 5.75 Å². The van der Waals surface area contributed by atoms with E-state index in [4.69, 9.17) is 27.9 Å². The number of amides is 1. The molecule has 0 aliphatic heterocycles. The Morgan fingerprint density at radius 1 is 0.935 bits per heavy atom. The molecule has 31 heavy (non-hydrogen) atoms. The maximum atomic E-state index is 13.0. The molecule has 170 valence electrons. The summed E-state index contributed by atoms with van der Waals surface area (Å²) in [4.78, 5) is 15.0.